The second-order valence-electron chi connectivity index (χ2n) is 5.17. The van der Waals surface area contributed by atoms with Crippen molar-refractivity contribution in [3.63, 3.8) is 0 Å². The maximum Gasteiger partial charge on any atom is 0.255 e. The van der Waals surface area contributed by atoms with Crippen molar-refractivity contribution >= 4 is 11.6 Å². The van der Waals surface area contributed by atoms with E-state index in [4.69, 9.17) is 23.7 Å². The number of benzene rings is 2. The number of nitrogens with one attached hydrogen (secondary N) is 1. The molecule has 0 unspecified atom stereocenters. The van der Waals surface area contributed by atoms with Crippen LogP contribution in [-0.4, -0.2) is 41.0 Å². The van der Waals surface area contributed by atoms with E-state index >= 15 is 0 Å². The van der Waals surface area contributed by atoms with Crippen LogP contribution in [0, 0.1) is 0 Å². The van der Waals surface area contributed by atoms with Gasteiger partial charge in [-0.15, -0.1) is 0 Å². The maximum atomic E-state index is 12.6. The van der Waals surface area contributed by atoms with Crippen LogP contribution in [0.2, 0.25) is 0 Å². The minimum Gasteiger partial charge on any atom is -0.493 e. The van der Waals surface area contributed by atoms with Gasteiger partial charge < -0.3 is 29.0 Å². The van der Waals surface area contributed by atoms with Crippen molar-refractivity contribution in [3.05, 3.63) is 35.9 Å². The van der Waals surface area contributed by atoms with E-state index in [9.17, 15) is 4.79 Å². The van der Waals surface area contributed by atoms with E-state index in [1.54, 1.807) is 37.4 Å². The smallest absolute Gasteiger partial charge is 0.255 e. The Morgan fingerprint density at radius 2 is 1.46 bits per heavy atom. The monoisotopic (exact) mass is 361 g/mol. The number of amides is 1. The lowest BCUT2D eigenvalue weighted by atomic mass is 10.1. The average molecular weight is 361 g/mol. The molecule has 140 valence electrons. The highest BCUT2D eigenvalue weighted by atomic mass is 16.5. The number of rotatable bonds is 8. The van der Waals surface area contributed by atoms with Crippen molar-refractivity contribution in [1.82, 2.24) is 0 Å². The van der Waals surface area contributed by atoms with Gasteiger partial charge in [0.25, 0.3) is 5.91 Å². The SMILES string of the molecule is CCOc1ccc(NC(=O)c2cc(OC)c(OC)c(OC)c2)cc1OC. The number of anilines is 1. The Kier molecular flexibility index (Phi) is 6.54. The molecular weight excluding hydrogens is 338 g/mol. The fourth-order valence-electron chi connectivity index (χ4n) is 2.44. The summed E-state index contributed by atoms with van der Waals surface area (Å²) in [4.78, 5) is 12.6. The zero-order valence-corrected chi connectivity index (χ0v) is 15.5. The minimum atomic E-state index is -0.324. The van der Waals surface area contributed by atoms with Crippen LogP contribution < -0.4 is 29.0 Å². The van der Waals surface area contributed by atoms with Crippen LogP contribution >= 0.6 is 0 Å². The molecule has 0 saturated heterocycles. The predicted molar refractivity (Wildman–Crippen MR) is 98.2 cm³/mol. The zero-order valence-electron chi connectivity index (χ0n) is 15.5. The molecule has 0 spiro atoms. The lowest BCUT2D eigenvalue weighted by Gasteiger charge is -2.15. The minimum absolute atomic E-state index is 0.324. The van der Waals surface area contributed by atoms with Crippen molar-refractivity contribution in [2.75, 3.05) is 40.4 Å². The van der Waals surface area contributed by atoms with E-state index in [1.165, 1.54) is 21.3 Å². The zero-order chi connectivity index (χ0) is 19.1. The molecule has 0 atom stereocenters. The van der Waals surface area contributed by atoms with Gasteiger partial charge in [0.2, 0.25) is 5.75 Å². The Morgan fingerprint density at radius 3 is 1.96 bits per heavy atom. The van der Waals surface area contributed by atoms with Crippen molar-refractivity contribution in [2.45, 2.75) is 6.92 Å². The van der Waals surface area contributed by atoms with E-state index in [1.807, 2.05) is 6.92 Å². The number of carbonyl (C=O) groups is 1. The second kappa shape index (κ2) is 8.84. The van der Waals surface area contributed by atoms with Gasteiger partial charge in [0.15, 0.2) is 23.0 Å². The standard InChI is InChI=1S/C19H23NO6/c1-6-26-14-8-7-13(11-15(14)22-2)20-19(21)12-9-16(23-3)18(25-5)17(10-12)24-4/h7-11H,6H2,1-5H3,(H,20,21). The van der Waals surface area contributed by atoms with Crippen LogP contribution in [0.25, 0.3) is 0 Å². The highest BCUT2D eigenvalue weighted by Gasteiger charge is 2.17. The molecule has 2 aromatic rings. The average Bonchev–Trinajstić information content (AvgIpc) is 2.67. The normalized spacial score (nSPS) is 10.0. The molecule has 0 saturated carbocycles. The molecule has 26 heavy (non-hydrogen) atoms. The van der Waals surface area contributed by atoms with Crippen LogP contribution in [-0.2, 0) is 0 Å². The molecule has 0 bridgehead atoms. The molecule has 0 radical (unpaired) electrons. The fraction of sp³-hybridized carbons (Fsp3) is 0.316. The van der Waals surface area contributed by atoms with Gasteiger partial charge in [0.1, 0.15) is 0 Å². The van der Waals surface area contributed by atoms with Crippen molar-refractivity contribution < 1.29 is 28.5 Å². The van der Waals surface area contributed by atoms with Gasteiger partial charge in [0.05, 0.1) is 35.0 Å². The third-order valence-corrected chi connectivity index (χ3v) is 3.65. The van der Waals surface area contributed by atoms with Gasteiger partial charge in [-0.05, 0) is 31.2 Å². The van der Waals surface area contributed by atoms with Gasteiger partial charge >= 0.3 is 0 Å². The van der Waals surface area contributed by atoms with Crippen LogP contribution in [0.5, 0.6) is 28.7 Å². The first-order chi connectivity index (χ1) is 12.6. The van der Waals surface area contributed by atoms with Crippen LogP contribution in [0.1, 0.15) is 17.3 Å². The first-order valence-corrected chi connectivity index (χ1v) is 8.00. The van der Waals surface area contributed by atoms with Crippen molar-refractivity contribution in [1.29, 1.82) is 0 Å². The number of ether oxygens (including phenoxy) is 5. The summed E-state index contributed by atoms with van der Waals surface area (Å²) < 4.78 is 26.6. The van der Waals surface area contributed by atoms with Gasteiger partial charge in [-0.25, -0.2) is 0 Å². The summed E-state index contributed by atoms with van der Waals surface area (Å²) in [7, 11) is 6.04. The summed E-state index contributed by atoms with van der Waals surface area (Å²) in [5, 5.41) is 2.82. The summed E-state index contributed by atoms with van der Waals surface area (Å²) in [6.07, 6.45) is 0. The quantitative estimate of drug-likeness (QED) is 0.777. The first kappa shape index (κ1) is 19.2. The predicted octanol–water partition coefficient (Wildman–Crippen LogP) is 3.37. The molecule has 7 heteroatoms. The number of methoxy groups -OCH3 is 4. The molecule has 2 aromatic carbocycles. The lowest BCUT2D eigenvalue weighted by molar-refractivity contribution is 0.102. The lowest BCUT2D eigenvalue weighted by Crippen LogP contribution is -2.13. The van der Waals surface area contributed by atoms with Crippen molar-refractivity contribution in [3.8, 4) is 28.7 Å². The molecule has 0 aromatic heterocycles. The topological polar surface area (TPSA) is 75.3 Å². The third-order valence-electron chi connectivity index (χ3n) is 3.65. The molecule has 0 fully saturated rings. The molecule has 2 rings (SSSR count). The number of hydrogen-bond donors (Lipinski definition) is 1. The van der Waals surface area contributed by atoms with E-state index in [-0.39, 0.29) is 5.91 Å². The van der Waals surface area contributed by atoms with E-state index in [0.29, 0.717) is 46.6 Å². The maximum absolute atomic E-state index is 12.6. The fourth-order valence-corrected chi connectivity index (χ4v) is 2.44. The molecule has 0 heterocycles. The number of carbonyl (C=O) groups excluding carboxylic acids is 1. The summed E-state index contributed by atoms with van der Waals surface area (Å²) in [6, 6.07) is 8.35. The second-order valence-corrected chi connectivity index (χ2v) is 5.17. The Morgan fingerprint density at radius 1 is 0.846 bits per heavy atom. The largest absolute Gasteiger partial charge is 0.493 e. The molecule has 1 N–H and O–H groups in total. The van der Waals surface area contributed by atoms with Gasteiger partial charge in [-0.3, -0.25) is 4.79 Å². The van der Waals surface area contributed by atoms with Crippen LogP contribution in [0.3, 0.4) is 0 Å². The molecule has 0 aliphatic heterocycles. The van der Waals surface area contributed by atoms with E-state index < -0.39 is 0 Å². The number of hydrogen-bond acceptors (Lipinski definition) is 6. The van der Waals surface area contributed by atoms with Gasteiger partial charge in [-0.1, -0.05) is 0 Å². The van der Waals surface area contributed by atoms with Crippen LogP contribution in [0.4, 0.5) is 5.69 Å². The summed E-state index contributed by atoms with van der Waals surface area (Å²) >= 11 is 0. The highest BCUT2D eigenvalue weighted by molar-refractivity contribution is 6.05. The summed E-state index contributed by atoms with van der Waals surface area (Å²) in [6.45, 7) is 2.41. The molecule has 7 nitrogen and oxygen atoms in total. The molecule has 0 aliphatic rings. The van der Waals surface area contributed by atoms with E-state index in [0.717, 1.165) is 0 Å². The molecule has 1 amide bonds. The highest BCUT2D eigenvalue weighted by Crippen LogP contribution is 2.38. The van der Waals surface area contributed by atoms with Gasteiger partial charge in [-0.2, -0.15) is 0 Å². The third kappa shape index (κ3) is 4.11. The Balaban J connectivity index is 2.30. The van der Waals surface area contributed by atoms with Crippen molar-refractivity contribution in [2.24, 2.45) is 0 Å². The Labute approximate surface area is 152 Å². The Bertz CT molecular complexity index is 750. The van der Waals surface area contributed by atoms with E-state index in [2.05, 4.69) is 5.32 Å². The molecular formula is C19H23NO6. The first-order valence-electron chi connectivity index (χ1n) is 8.00. The summed E-state index contributed by atoms with van der Waals surface area (Å²) in [5.41, 5.74) is 0.941. The summed E-state index contributed by atoms with van der Waals surface area (Å²) in [5.74, 6) is 2.06. The van der Waals surface area contributed by atoms with Crippen LogP contribution in [0.15, 0.2) is 30.3 Å². The van der Waals surface area contributed by atoms with Gasteiger partial charge in [0, 0.05) is 17.3 Å². The Hall–Kier alpha value is -3.09. The molecule has 0 aliphatic carbocycles.